The van der Waals surface area contributed by atoms with Crippen molar-refractivity contribution in [3.05, 3.63) is 0 Å². The summed E-state index contributed by atoms with van der Waals surface area (Å²) in [6.07, 6.45) is 0.620. The van der Waals surface area contributed by atoms with Gasteiger partial charge in [0.25, 0.3) is 0 Å². The zero-order valence-electron chi connectivity index (χ0n) is 7.54. The number of rotatable bonds is 1. The van der Waals surface area contributed by atoms with Gasteiger partial charge < -0.3 is 6.15 Å². The van der Waals surface area contributed by atoms with Gasteiger partial charge >= 0.3 is 80.3 Å². The zero-order valence-corrected chi connectivity index (χ0v) is 8.58. The van der Waals surface area contributed by atoms with Crippen molar-refractivity contribution >= 4 is 0 Å². The van der Waals surface area contributed by atoms with Crippen molar-refractivity contribution < 1.29 is 17.5 Å². The molecule has 0 fully saturated rings. The van der Waals surface area contributed by atoms with E-state index < -0.39 is 9.75 Å². The molecular formula is C6H3CoN7O2. The van der Waals surface area contributed by atoms with Gasteiger partial charge in [-0.05, 0) is 0 Å². The van der Waals surface area contributed by atoms with Crippen LogP contribution in [0.4, 0.5) is 0 Å². The van der Waals surface area contributed by atoms with E-state index in [1.807, 2.05) is 0 Å². The fourth-order valence-corrected chi connectivity index (χ4v) is 1.37. The molecule has 0 rings (SSSR count). The monoisotopic (exact) mass is 264 g/mol. The van der Waals surface area contributed by atoms with Gasteiger partial charge in [0.2, 0.25) is 0 Å². The molecule has 0 spiro atoms. The molecule has 10 heteroatoms. The Kier molecular flexibility index (Phi) is 2.25. The molecule has 16 heavy (non-hydrogen) atoms. The standard InChI is InChI=1S/CHNO.5CN.Co.H3N.O/c2-1-3;5*1-2;;;/h3H;;;;;;;1H3;/q;;;;;;+1;;/p-1. The molecule has 0 aliphatic carbocycles. The molecule has 83 valence electrons. The van der Waals surface area contributed by atoms with Gasteiger partial charge in [-0.1, -0.05) is 0 Å². The van der Waals surface area contributed by atoms with Crippen molar-refractivity contribution in [3.8, 4) is 31.3 Å². The van der Waals surface area contributed by atoms with Crippen molar-refractivity contribution in [3.63, 3.8) is 0 Å². The van der Waals surface area contributed by atoms with E-state index in [0.717, 1.165) is 0 Å². The number of hydrogen-bond donors (Lipinski definition) is 1. The van der Waals surface area contributed by atoms with Gasteiger partial charge in [-0.25, -0.2) is 0 Å². The molecule has 0 bridgehead atoms. The number of hydrogen-bond acceptors (Lipinski definition) is 9. The summed E-state index contributed by atoms with van der Waals surface area (Å²) in [5, 5.41) is 53.7. The van der Waals surface area contributed by atoms with Gasteiger partial charge in [0.15, 0.2) is 0 Å². The molecule has 0 aliphatic heterocycles. The SMILES string of the molecule is N.N#C[O][Co](=[O])([C]#N)([C]#N)([C]#N)([C]#N)[C]#N. The Balaban J connectivity index is 0. The Hall–Kier alpha value is -2.99. The zero-order chi connectivity index (χ0) is 12.3. The predicted octanol–water partition coefficient (Wildman–Crippen LogP) is 0.0730. The first-order chi connectivity index (χ1) is 6.72. The third-order valence-electron chi connectivity index (χ3n) is 1.28. The normalized spacial score (nSPS) is 14.8. The van der Waals surface area contributed by atoms with Crippen LogP contribution in [0.25, 0.3) is 0 Å². The topological polar surface area (TPSA) is 204 Å². The first-order valence-corrected chi connectivity index (χ1v) is 6.10. The molecule has 0 amide bonds. The first-order valence-electron chi connectivity index (χ1n) is 2.65. The van der Waals surface area contributed by atoms with E-state index in [4.69, 9.17) is 31.6 Å². The van der Waals surface area contributed by atoms with E-state index in [0.29, 0.717) is 31.3 Å². The van der Waals surface area contributed by atoms with Crippen molar-refractivity contribution in [1.82, 2.24) is 6.15 Å². The van der Waals surface area contributed by atoms with Crippen LogP contribution in [0.1, 0.15) is 0 Å². The van der Waals surface area contributed by atoms with Crippen LogP contribution >= 0.6 is 0 Å². The minimum absolute atomic E-state index is 0. The van der Waals surface area contributed by atoms with E-state index in [-0.39, 0.29) is 6.15 Å². The van der Waals surface area contributed by atoms with Crippen LogP contribution in [0, 0.1) is 62.8 Å². The number of nitriles is 6. The van der Waals surface area contributed by atoms with Crippen LogP contribution in [0.5, 0.6) is 0 Å². The average molecular weight is 264 g/mol. The van der Waals surface area contributed by atoms with Crippen molar-refractivity contribution in [2.75, 3.05) is 0 Å². The summed E-state index contributed by atoms with van der Waals surface area (Å²) in [6.45, 7) is 0. The van der Waals surface area contributed by atoms with Crippen LogP contribution in [-0.2, 0) is 17.5 Å². The van der Waals surface area contributed by atoms with Gasteiger partial charge in [-0.15, -0.1) is 0 Å². The Morgan fingerprint density at radius 1 is 0.750 bits per heavy atom. The van der Waals surface area contributed by atoms with Crippen LogP contribution in [0.2, 0.25) is 0 Å². The van der Waals surface area contributed by atoms with Crippen LogP contribution in [0.3, 0.4) is 0 Å². The molecule has 0 aliphatic rings. The molecule has 0 aromatic rings. The van der Waals surface area contributed by atoms with Gasteiger partial charge in [-0.3, -0.25) is 0 Å². The summed E-state index contributed by atoms with van der Waals surface area (Å²) < 4.78 is 15.8. The predicted molar refractivity (Wildman–Crippen MR) is 40.5 cm³/mol. The van der Waals surface area contributed by atoms with Gasteiger partial charge in [0, 0.05) is 0 Å². The molecule has 0 atom stereocenters. The van der Waals surface area contributed by atoms with Crippen molar-refractivity contribution in [2.45, 2.75) is 0 Å². The molecular weight excluding hydrogens is 261 g/mol. The van der Waals surface area contributed by atoms with E-state index >= 15 is 0 Å². The molecule has 0 saturated heterocycles. The molecule has 0 aromatic heterocycles. The summed E-state index contributed by atoms with van der Waals surface area (Å²) in [7, 11) is -8.12. The Labute approximate surface area is 86.9 Å². The van der Waals surface area contributed by atoms with Gasteiger partial charge in [-0.2, -0.15) is 0 Å². The summed E-state index contributed by atoms with van der Waals surface area (Å²) in [5.74, 6) is 0. The van der Waals surface area contributed by atoms with E-state index in [9.17, 15) is 3.87 Å². The quantitative estimate of drug-likeness (QED) is 0.634. The second-order valence-electron chi connectivity index (χ2n) is 2.10. The Morgan fingerprint density at radius 3 is 1.06 bits per heavy atom. The second kappa shape index (κ2) is 2.33. The molecule has 0 radical (unpaired) electrons. The molecule has 0 aromatic carbocycles. The molecule has 9 nitrogen and oxygen atoms in total. The number of nitrogens with zero attached hydrogens (tertiary/aromatic N) is 6. The maximum atomic E-state index is 12.2. The fourth-order valence-electron chi connectivity index (χ4n) is 0.331. The van der Waals surface area contributed by atoms with Crippen LogP contribution in [-0.4, -0.2) is 0 Å². The molecule has 0 saturated carbocycles. The van der Waals surface area contributed by atoms with E-state index in [2.05, 4.69) is 3.85 Å². The maximum absolute atomic E-state index is 12.2. The second-order valence-corrected chi connectivity index (χ2v) is 8.38. The summed E-state index contributed by atoms with van der Waals surface area (Å²) in [5.41, 5.74) is 0. The van der Waals surface area contributed by atoms with Crippen molar-refractivity contribution in [1.29, 1.82) is 31.6 Å². The van der Waals surface area contributed by atoms with E-state index in [1.54, 1.807) is 0 Å². The third-order valence-corrected chi connectivity index (χ3v) is 5.27. The summed E-state index contributed by atoms with van der Waals surface area (Å²) >= 11 is 0. The Morgan fingerprint density at radius 2 is 1.00 bits per heavy atom. The molecule has 0 unspecified atom stereocenters. The summed E-state index contributed by atoms with van der Waals surface area (Å²) in [4.78, 5) is 0. The minimum atomic E-state index is -8.12. The third kappa shape index (κ3) is 0.953. The fraction of sp³-hybridized carbons (Fsp3) is 0. The molecule has 3 N–H and O–H groups in total. The summed E-state index contributed by atoms with van der Waals surface area (Å²) in [6, 6.07) is 0. The van der Waals surface area contributed by atoms with Crippen molar-refractivity contribution in [2.24, 2.45) is 0 Å². The van der Waals surface area contributed by atoms with E-state index in [1.165, 1.54) is 0 Å². The average Bonchev–Trinajstić information content (AvgIpc) is 2.32. The van der Waals surface area contributed by atoms with Gasteiger partial charge in [0.1, 0.15) is 0 Å². The molecule has 0 heterocycles. The van der Waals surface area contributed by atoms with Gasteiger partial charge in [0.05, 0.1) is 0 Å². The van der Waals surface area contributed by atoms with Crippen LogP contribution in [0.15, 0.2) is 0 Å². The Bertz CT molecular complexity index is 603. The van der Waals surface area contributed by atoms with Crippen LogP contribution < -0.4 is 6.15 Å². The first kappa shape index (κ1) is 15.5.